The number of amides is 2. The monoisotopic (exact) mass is 490 g/mol. The average molecular weight is 491 g/mol. The summed E-state index contributed by atoms with van der Waals surface area (Å²) in [6, 6.07) is 12.4. The highest BCUT2D eigenvalue weighted by atomic mass is 19.3. The fourth-order valence-corrected chi connectivity index (χ4v) is 3.37. The number of halogens is 2. The number of esters is 2. The topological polar surface area (TPSA) is 111 Å². The second-order valence-corrected chi connectivity index (χ2v) is 7.74. The summed E-state index contributed by atoms with van der Waals surface area (Å²) in [5.74, 6) is -7.27. The predicted octanol–water partition coefficient (Wildman–Crippen LogP) is 2.97. The highest BCUT2D eigenvalue weighted by Gasteiger charge is 2.43. The van der Waals surface area contributed by atoms with Gasteiger partial charge in [0.25, 0.3) is 5.91 Å². The van der Waals surface area contributed by atoms with E-state index in [1.807, 2.05) is 18.2 Å². The molecule has 2 aromatic carbocycles. The normalized spacial score (nSPS) is 12.7. The SMILES string of the molecule is CCOC(=O)C(F)(F)CC(NC(C)=O)c1ccc(C(=O)N[C@@H](Cc2ccccc2)C(=O)OC)cc1. The Morgan fingerprint density at radius 3 is 2.14 bits per heavy atom. The van der Waals surface area contributed by atoms with Crippen molar-refractivity contribution in [1.29, 1.82) is 0 Å². The molecule has 1 unspecified atom stereocenters. The van der Waals surface area contributed by atoms with Crippen molar-refractivity contribution >= 4 is 23.8 Å². The third-order valence-corrected chi connectivity index (χ3v) is 5.06. The van der Waals surface area contributed by atoms with Crippen LogP contribution in [-0.2, 0) is 30.3 Å². The van der Waals surface area contributed by atoms with E-state index in [1.54, 1.807) is 12.1 Å². The van der Waals surface area contributed by atoms with Gasteiger partial charge in [0.2, 0.25) is 5.91 Å². The van der Waals surface area contributed by atoms with Gasteiger partial charge in [0.15, 0.2) is 0 Å². The molecule has 0 aliphatic rings. The molecule has 0 aliphatic carbocycles. The van der Waals surface area contributed by atoms with Crippen molar-refractivity contribution in [2.24, 2.45) is 0 Å². The minimum absolute atomic E-state index is 0.162. The summed E-state index contributed by atoms with van der Waals surface area (Å²) >= 11 is 0. The number of benzene rings is 2. The first-order valence-corrected chi connectivity index (χ1v) is 10.9. The number of alkyl halides is 2. The van der Waals surface area contributed by atoms with Crippen molar-refractivity contribution in [2.45, 2.75) is 44.7 Å². The molecule has 0 aromatic heterocycles. The van der Waals surface area contributed by atoms with Crippen LogP contribution in [0.1, 0.15) is 47.8 Å². The van der Waals surface area contributed by atoms with Crippen LogP contribution in [0.25, 0.3) is 0 Å². The fraction of sp³-hybridized carbons (Fsp3) is 0.360. The highest BCUT2D eigenvalue weighted by molar-refractivity contribution is 5.96. The van der Waals surface area contributed by atoms with Crippen molar-refractivity contribution in [3.05, 3.63) is 71.3 Å². The zero-order valence-electron chi connectivity index (χ0n) is 19.7. The van der Waals surface area contributed by atoms with Crippen LogP contribution < -0.4 is 10.6 Å². The molecular formula is C25H28F2N2O6. The Kier molecular flexibility index (Phi) is 9.86. The Hall–Kier alpha value is -3.82. The van der Waals surface area contributed by atoms with E-state index in [9.17, 15) is 28.0 Å². The van der Waals surface area contributed by atoms with Gasteiger partial charge in [-0.1, -0.05) is 42.5 Å². The van der Waals surface area contributed by atoms with E-state index in [2.05, 4.69) is 15.4 Å². The molecule has 2 amide bonds. The molecule has 2 atom stereocenters. The van der Waals surface area contributed by atoms with Gasteiger partial charge in [0, 0.05) is 25.3 Å². The van der Waals surface area contributed by atoms with Crippen LogP contribution in [0, 0.1) is 0 Å². The Morgan fingerprint density at radius 1 is 0.971 bits per heavy atom. The van der Waals surface area contributed by atoms with Crippen LogP contribution >= 0.6 is 0 Å². The lowest BCUT2D eigenvalue weighted by atomic mass is 9.98. The molecular weight excluding hydrogens is 462 g/mol. The maximum absolute atomic E-state index is 14.3. The predicted molar refractivity (Wildman–Crippen MR) is 123 cm³/mol. The molecule has 0 saturated carbocycles. The van der Waals surface area contributed by atoms with E-state index >= 15 is 0 Å². The fourth-order valence-electron chi connectivity index (χ4n) is 3.37. The Morgan fingerprint density at radius 2 is 1.60 bits per heavy atom. The number of nitrogens with one attached hydrogen (secondary N) is 2. The second-order valence-electron chi connectivity index (χ2n) is 7.74. The van der Waals surface area contributed by atoms with Gasteiger partial charge in [0.05, 0.1) is 19.8 Å². The van der Waals surface area contributed by atoms with Gasteiger partial charge in [-0.25, -0.2) is 9.59 Å². The van der Waals surface area contributed by atoms with E-state index in [1.165, 1.54) is 38.3 Å². The van der Waals surface area contributed by atoms with E-state index in [4.69, 9.17) is 4.74 Å². The van der Waals surface area contributed by atoms with Gasteiger partial charge in [0.1, 0.15) is 6.04 Å². The van der Waals surface area contributed by atoms with Crippen LogP contribution in [0.15, 0.2) is 54.6 Å². The first kappa shape index (κ1) is 27.4. The summed E-state index contributed by atoms with van der Waals surface area (Å²) in [4.78, 5) is 48.1. The van der Waals surface area contributed by atoms with Gasteiger partial charge >= 0.3 is 17.9 Å². The molecule has 2 N–H and O–H groups in total. The van der Waals surface area contributed by atoms with Gasteiger partial charge in [-0.2, -0.15) is 8.78 Å². The molecule has 0 saturated heterocycles. The molecule has 2 rings (SSSR count). The summed E-state index contributed by atoms with van der Waals surface area (Å²) in [7, 11) is 1.22. The van der Waals surface area contributed by atoms with Crippen LogP contribution in [-0.4, -0.2) is 49.4 Å². The Bertz CT molecular complexity index is 1030. The molecule has 35 heavy (non-hydrogen) atoms. The Balaban J connectivity index is 2.18. The standard InChI is InChI=1S/C25H28F2N2O6/c1-4-35-24(33)25(26,27)15-21(28-16(2)30)18-10-12-19(13-11-18)22(31)29-20(23(32)34-3)14-17-8-6-5-7-9-17/h5-13,20-21H,4,14-15H2,1-3H3,(H,28,30)(H,29,31)/t20-,21?/m0/s1. The van der Waals surface area contributed by atoms with Crippen molar-refractivity contribution in [1.82, 2.24) is 10.6 Å². The number of carbonyl (C=O) groups excluding carboxylic acids is 4. The van der Waals surface area contributed by atoms with Crippen molar-refractivity contribution in [2.75, 3.05) is 13.7 Å². The number of ether oxygens (including phenoxy) is 2. The lowest BCUT2D eigenvalue weighted by molar-refractivity contribution is -0.173. The van der Waals surface area contributed by atoms with Crippen LogP contribution in [0.3, 0.4) is 0 Å². The molecule has 10 heteroatoms. The number of rotatable bonds is 11. The van der Waals surface area contributed by atoms with Crippen molar-refractivity contribution in [3.63, 3.8) is 0 Å². The van der Waals surface area contributed by atoms with Gasteiger partial charge < -0.3 is 20.1 Å². The molecule has 2 aromatic rings. The lowest BCUT2D eigenvalue weighted by Gasteiger charge is -2.23. The lowest BCUT2D eigenvalue weighted by Crippen LogP contribution is -2.43. The second kappa shape index (κ2) is 12.6. The first-order valence-electron chi connectivity index (χ1n) is 10.9. The van der Waals surface area contributed by atoms with Crippen molar-refractivity contribution < 1.29 is 37.4 Å². The quantitative estimate of drug-likeness (QED) is 0.469. The Labute approximate surface area is 202 Å². The van der Waals surface area contributed by atoms with Gasteiger partial charge in [-0.3, -0.25) is 9.59 Å². The van der Waals surface area contributed by atoms with E-state index in [-0.39, 0.29) is 24.2 Å². The average Bonchev–Trinajstić information content (AvgIpc) is 2.83. The summed E-state index contributed by atoms with van der Waals surface area (Å²) in [5.41, 5.74) is 1.24. The largest absolute Gasteiger partial charge is 0.467 e. The highest BCUT2D eigenvalue weighted by Crippen LogP contribution is 2.30. The maximum Gasteiger partial charge on any atom is 0.377 e. The zero-order chi connectivity index (χ0) is 26.0. The number of hydrogen-bond acceptors (Lipinski definition) is 6. The summed E-state index contributed by atoms with van der Waals surface area (Å²) in [6.45, 7) is 2.37. The first-order chi connectivity index (χ1) is 16.6. The van der Waals surface area contributed by atoms with E-state index in [0.29, 0.717) is 0 Å². The maximum atomic E-state index is 14.3. The van der Waals surface area contributed by atoms with Gasteiger partial charge in [-0.05, 0) is 30.2 Å². The minimum atomic E-state index is -3.83. The molecule has 0 spiro atoms. The molecule has 188 valence electrons. The van der Waals surface area contributed by atoms with E-state index < -0.39 is 48.2 Å². The molecule has 0 heterocycles. The number of methoxy groups -OCH3 is 1. The van der Waals surface area contributed by atoms with Gasteiger partial charge in [-0.15, -0.1) is 0 Å². The van der Waals surface area contributed by atoms with Crippen LogP contribution in [0.4, 0.5) is 8.78 Å². The van der Waals surface area contributed by atoms with Crippen LogP contribution in [0.5, 0.6) is 0 Å². The molecule has 0 radical (unpaired) electrons. The zero-order valence-corrected chi connectivity index (χ0v) is 19.7. The summed E-state index contributed by atoms with van der Waals surface area (Å²) in [5, 5.41) is 5.01. The number of carbonyl (C=O) groups is 4. The van der Waals surface area contributed by atoms with Crippen molar-refractivity contribution in [3.8, 4) is 0 Å². The molecule has 8 nitrogen and oxygen atoms in total. The minimum Gasteiger partial charge on any atom is -0.467 e. The number of hydrogen-bond donors (Lipinski definition) is 2. The van der Waals surface area contributed by atoms with Crippen LogP contribution in [0.2, 0.25) is 0 Å². The van der Waals surface area contributed by atoms with E-state index in [0.717, 1.165) is 12.5 Å². The smallest absolute Gasteiger partial charge is 0.377 e. The molecule has 0 fully saturated rings. The summed E-state index contributed by atoms with van der Waals surface area (Å²) < 4.78 is 37.8. The third-order valence-electron chi connectivity index (χ3n) is 5.06. The third kappa shape index (κ3) is 8.16. The molecule has 0 bridgehead atoms. The summed E-state index contributed by atoms with van der Waals surface area (Å²) in [6.07, 6.45) is -0.802. The molecule has 0 aliphatic heterocycles.